The van der Waals surface area contributed by atoms with Crippen LogP contribution in [-0.4, -0.2) is 44.2 Å². The first-order valence-corrected chi connectivity index (χ1v) is 11.1. The number of carboxylic acid groups (broad SMARTS) is 1. The van der Waals surface area contributed by atoms with E-state index in [1.165, 1.54) is 11.3 Å². The number of aromatic nitrogens is 1. The monoisotopic (exact) mass is 426 g/mol. The van der Waals surface area contributed by atoms with Crippen LogP contribution in [-0.2, 0) is 0 Å². The molecule has 3 atom stereocenters. The number of anilines is 1. The van der Waals surface area contributed by atoms with Crippen molar-refractivity contribution in [2.75, 3.05) is 5.32 Å². The van der Waals surface area contributed by atoms with Crippen LogP contribution in [0.3, 0.4) is 0 Å². The predicted octanol–water partition coefficient (Wildman–Crippen LogP) is 4.38. The predicted molar refractivity (Wildman–Crippen MR) is 116 cm³/mol. The summed E-state index contributed by atoms with van der Waals surface area (Å²) >= 11 is 1.46. The van der Waals surface area contributed by atoms with Crippen molar-refractivity contribution in [3.63, 3.8) is 0 Å². The molecule has 8 heteroatoms. The zero-order chi connectivity index (χ0) is 21.3. The van der Waals surface area contributed by atoms with E-state index in [1.54, 1.807) is 17.3 Å². The van der Waals surface area contributed by atoms with Crippen LogP contribution in [0.5, 0.6) is 0 Å². The number of amides is 2. The maximum Gasteiger partial charge on any atom is 0.408 e. The van der Waals surface area contributed by atoms with E-state index >= 15 is 0 Å². The molecule has 30 heavy (non-hydrogen) atoms. The van der Waals surface area contributed by atoms with E-state index in [1.807, 2.05) is 18.2 Å². The van der Waals surface area contributed by atoms with E-state index in [9.17, 15) is 14.7 Å². The quantitative estimate of drug-likeness (QED) is 0.629. The van der Waals surface area contributed by atoms with Crippen LogP contribution in [0.15, 0.2) is 30.6 Å². The number of piperidine rings is 1. The lowest BCUT2D eigenvalue weighted by Crippen LogP contribution is -2.71. The molecule has 0 aromatic carbocycles. The number of pyridine rings is 1. The second-order valence-corrected chi connectivity index (χ2v) is 10.8. The molecule has 2 amide bonds. The minimum absolute atomic E-state index is 0.0821. The van der Waals surface area contributed by atoms with Gasteiger partial charge in [0.2, 0.25) is 0 Å². The number of carbonyl (C=O) groups is 2. The first-order valence-electron chi connectivity index (χ1n) is 10.3. The van der Waals surface area contributed by atoms with Crippen molar-refractivity contribution in [3.8, 4) is 10.4 Å². The highest BCUT2D eigenvalue weighted by molar-refractivity contribution is 7.18. The molecule has 7 nitrogen and oxygen atoms in total. The Morgan fingerprint density at radius 1 is 1.30 bits per heavy atom. The van der Waals surface area contributed by atoms with Gasteiger partial charge in [-0.25, -0.2) is 4.79 Å². The summed E-state index contributed by atoms with van der Waals surface area (Å²) < 4.78 is 0. The maximum absolute atomic E-state index is 13.1. The zero-order valence-corrected chi connectivity index (χ0v) is 18.2. The molecule has 0 radical (unpaired) electrons. The third-order valence-electron chi connectivity index (χ3n) is 7.13. The number of hydrogen-bond acceptors (Lipinski definition) is 5. The van der Waals surface area contributed by atoms with Gasteiger partial charge < -0.3 is 15.7 Å². The highest BCUT2D eigenvalue weighted by Crippen LogP contribution is 2.56. The molecule has 2 fully saturated rings. The SMILES string of the molecule is CC(C)(C)C12CCC(CC3(C1)NC(=O)c1sc(-c4ccncc4)cc1N3)N2C(=O)O. The number of thiophene rings is 1. The Morgan fingerprint density at radius 3 is 2.70 bits per heavy atom. The largest absolute Gasteiger partial charge is 0.465 e. The molecule has 2 bridgehead atoms. The Morgan fingerprint density at radius 2 is 2.03 bits per heavy atom. The molecule has 2 aromatic rings. The summed E-state index contributed by atoms with van der Waals surface area (Å²) in [6.07, 6.45) is 5.39. The van der Waals surface area contributed by atoms with Crippen LogP contribution >= 0.6 is 11.3 Å². The second-order valence-electron chi connectivity index (χ2n) is 9.76. The standard InChI is InChI=1S/C22H26N4O3S/c1-20(2,3)21-7-4-14(26(21)19(28)29)11-22(12-21)24-15-10-16(13-5-8-23-9-6-13)30-17(15)18(27)25-22/h5-6,8-10,14,24H,4,7,11-12H2,1-3H3,(H,25,27)(H,28,29). The Hall–Kier alpha value is -2.61. The Kier molecular flexibility index (Phi) is 4.00. The number of nitrogens with zero attached hydrogens (tertiary/aromatic N) is 2. The van der Waals surface area contributed by atoms with Gasteiger partial charge in [-0.15, -0.1) is 11.3 Å². The molecule has 158 valence electrons. The van der Waals surface area contributed by atoms with Crippen LogP contribution in [0.4, 0.5) is 10.5 Å². The van der Waals surface area contributed by atoms with Gasteiger partial charge in [0.15, 0.2) is 0 Å². The van der Waals surface area contributed by atoms with Crippen LogP contribution in [0.25, 0.3) is 10.4 Å². The van der Waals surface area contributed by atoms with Gasteiger partial charge >= 0.3 is 6.09 Å². The molecule has 3 aliphatic heterocycles. The summed E-state index contributed by atoms with van der Waals surface area (Å²) in [4.78, 5) is 32.7. The third kappa shape index (κ3) is 2.66. The fourth-order valence-electron chi connectivity index (χ4n) is 5.75. The number of fused-ring (bicyclic) bond motifs is 3. The molecule has 5 heterocycles. The third-order valence-corrected chi connectivity index (χ3v) is 8.31. The summed E-state index contributed by atoms with van der Waals surface area (Å²) in [5, 5.41) is 16.9. The highest BCUT2D eigenvalue weighted by atomic mass is 32.1. The molecule has 5 rings (SSSR count). The Labute approximate surface area is 179 Å². The lowest BCUT2D eigenvalue weighted by Gasteiger charge is -2.58. The summed E-state index contributed by atoms with van der Waals surface area (Å²) in [6, 6.07) is 5.80. The van der Waals surface area contributed by atoms with E-state index in [-0.39, 0.29) is 17.4 Å². The van der Waals surface area contributed by atoms with Gasteiger partial charge in [0.05, 0.1) is 11.2 Å². The van der Waals surface area contributed by atoms with Crippen molar-refractivity contribution in [3.05, 3.63) is 35.5 Å². The average Bonchev–Trinajstić information content (AvgIpc) is 3.20. The van der Waals surface area contributed by atoms with Gasteiger partial charge in [-0.2, -0.15) is 0 Å². The zero-order valence-electron chi connectivity index (χ0n) is 17.4. The van der Waals surface area contributed by atoms with E-state index in [4.69, 9.17) is 0 Å². The number of carbonyl (C=O) groups excluding carboxylic acids is 1. The average molecular weight is 427 g/mol. The molecular formula is C22H26N4O3S. The first kappa shape index (κ1) is 19.4. The van der Waals surface area contributed by atoms with Gasteiger partial charge in [0, 0.05) is 36.2 Å². The Bertz CT molecular complexity index is 1030. The van der Waals surface area contributed by atoms with Gasteiger partial charge in [-0.1, -0.05) is 20.8 Å². The van der Waals surface area contributed by atoms with E-state index in [0.29, 0.717) is 17.7 Å². The van der Waals surface area contributed by atoms with Crippen LogP contribution < -0.4 is 10.6 Å². The lowest BCUT2D eigenvalue weighted by atomic mass is 9.65. The highest BCUT2D eigenvalue weighted by Gasteiger charge is 2.64. The minimum Gasteiger partial charge on any atom is -0.465 e. The van der Waals surface area contributed by atoms with Crippen molar-refractivity contribution < 1.29 is 14.7 Å². The molecule has 3 unspecified atom stereocenters. The van der Waals surface area contributed by atoms with Crippen LogP contribution in [0.1, 0.15) is 56.1 Å². The summed E-state index contributed by atoms with van der Waals surface area (Å²) in [6.45, 7) is 6.31. The fourth-order valence-corrected chi connectivity index (χ4v) is 6.76. The van der Waals surface area contributed by atoms with Gasteiger partial charge in [0.25, 0.3) is 5.91 Å². The van der Waals surface area contributed by atoms with E-state index in [2.05, 4.69) is 36.4 Å². The fraction of sp³-hybridized carbons (Fsp3) is 0.500. The summed E-state index contributed by atoms with van der Waals surface area (Å²) in [5.74, 6) is -0.0821. The lowest BCUT2D eigenvalue weighted by molar-refractivity contribution is -0.0411. The maximum atomic E-state index is 13.1. The molecule has 2 aromatic heterocycles. The molecule has 0 saturated carbocycles. The summed E-state index contributed by atoms with van der Waals surface area (Å²) in [7, 11) is 0. The molecule has 2 saturated heterocycles. The topological polar surface area (TPSA) is 94.6 Å². The van der Waals surface area contributed by atoms with Crippen molar-refractivity contribution >= 4 is 29.0 Å². The van der Waals surface area contributed by atoms with Crippen molar-refractivity contribution in [1.29, 1.82) is 0 Å². The molecular weight excluding hydrogens is 400 g/mol. The summed E-state index contributed by atoms with van der Waals surface area (Å²) in [5.41, 5.74) is 0.449. The Balaban J connectivity index is 1.54. The van der Waals surface area contributed by atoms with Gasteiger partial charge in [-0.05, 0) is 42.0 Å². The van der Waals surface area contributed by atoms with Crippen molar-refractivity contribution in [2.24, 2.45) is 5.41 Å². The smallest absolute Gasteiger partial charge is 0.408 e. The second kappa shape index (κ2) is 6.20. The number of nitrogens with one attached hydrogen (secondary N) is 2. The molecule has 3 N–H and O–H groups in total. The van der Waals surface area contributed by atoms with E-state index < -0.39 is 17.3 Å². The first-order chi connectivity index (χ1) is 14.1. The van der Waals surface area contributed by atoms with Gasteiger partial charge in [-0.3, -0.25) is 14.7 Å². The van der Waals surface area contributed by atoms with Crippen molar-refractivity contribution in [1.82, 2.24) is 15.2 Å². The molecule has 3 aliphatic rings. The van der Waals surface area contributed by atoms with Crippen molar-refractivity contribution in [2.45, 2.75) is 63.7 Å². The number of hydrogen-bond donors (Lipinski definition) is 3. The van der Waals surface area contributed by atoms with Gasteiger partial charge in [0.1, 0.15) is 10.5 Å². The molecule has 1 spiro atoms. The van der Waals surface area contributed by atoms with E-state index in [0.717, 1.165) is 29.0 Å². The van der Waals surface area contributed by atoms with Crippen LogP contribution in [0, 0.1) is 5.41 Å². The normalized spacial score (nSPS) is 30.0. The number of rotatable bonds is 1. The van der Waals surface area contributed by atoms with Crippen LogP contribution in [0.2, 0.25) is 0 Å². The molecule has 0 aliphatic carbocycles. The minimum atomic E-state index is -0.861.